The molecule has 6 heteroatoms. The molecule has 0 saturated heterocycles. The number of rotatable bonds is 4. The van der Waals surface area contributed by atoms with E-state index in [-0.39, 0.29) is 6.61 Å². The average Bonchev–Trinajstić information content (AvgIpc) is 3.03. The third-order valence-electron chi connectivity index (χ3n) is 3.45. The molecule has 0 spiro atoms. The minimum atomic E-state index is -0.439. The molecule has 3 rings (SSSR count). The van der Waals surface area contributed by atoms with Gasteiger partial charge in [0.2, 0.25) is 0 Å². The number of halogens is 1. The van der Waals surface area contributed by atoms with E-state index in [0.717, 1.165) is 26.6 Å². The van der Waals surface area contributed by atoms with Crippen LogP contribution in [0.2, 0.25) is 0 Å². The third-order valence-corrected chi connectivity index (χ3v) is 3.89. The lowest BCUT2D eigenvalue weighted by Gasteiger charge is -2.05. The smallest absolute Gasteiger partial charge is 0.407 e. The first-order valence-electron chi connectivity index (χ1n) is 7.78. The largest absolute Gasteiger partial charge is 0.445 e. The molecule has 25 heavy (non-hydrogen) atoms. The summed E-state index contributed by atoms with van der Waals surface area (Å²) >= 11 is 3.41. The van der Waals surface area contributed by atoms with Crippen LogP contribution in [0.4, 0.5) is 4.79 Å². The van der Waals surface area contributed by atoms with Crippen LogP contribution in [-0.2, 0) is 11.3 Å². The Morgan fingerprint density at radius 3 is 3.00 bits per heavy atom. The van der Waals surface area contributed by atoms with Crippen LogP contribution in [0, 0.1) is 11.8 Å². The number of nitrogens with zero attached hydrogens (tertiary/aromatic N) is 1. The number of fused-ring (bicyclic) bond motifs is 1. The van der Waals surface area contributed by atoms with Crippen LogP contribution in [0.15, 0.2) is 53.3 Å². The molecule has 0 saturated carbocycles. The van der Waals surface area contributed by atoms with Crippen molar-refractivity contribution < 1.29 is 9.53 Å². The van der Waals surface area contributed by atoms with Crippen molar-refractivity contribution in [3.8, 4) is 11.8 Å². The van der Waals surface area contributed by atoms with E-state index in [2.05, 4.69) is 43.1 Å². The Labute approximate surface area is 153 Å². The summed E-state index contributed by atoms with van der Waals surface area (Å²) in [6.45, 7) is 0.695. The highest BCUT2D eigenvalue weighted by Crippen LogP contribution is 2.19. The van der Waals surface area contributed by atoms with Crippen LogP contribution >= 0.6 is 15.9 Å². The maximum atomic E-state index is 11.6. The number of carbonyl (C=O) groups is 1. The third kappa shape index (κ3) is 4.85. The molecule has 2 aromatic heterocycles. The number of aromatic amines is 1. The Morgan fingerprint density at radius 1 is 1.32 bits per heavy atom. The van der Waals surface area contributed by atoms with Gasteiger partial charge in [-0.1, -0.05) is 42.2 Å². The van der Waals surface area contributed by atoms with Crippen LogP contribution in [-0.4, -0.2) is 22.6 Å². The number of amides is 1. The highest BCUT2D eigenvalue weighted by molar-refractivity contribution is 9.10. The fourth-order valence-corrected chi connectivity index (χ4v) is 2.57. The van der Waals surface area contributed by atoms with Crippen molar-refractivity contribution in [2.45, 2.75) is 13.0 Å². The quantitative estimate of drug-likeness (QED) is 0.516. The molecule has 3 aromatic rings. The highest BCUT2D eigenvalue weighted by atomic mass is 79.9. The predicted molar refractivity (Wildman–Crippen MR) is 99.9 cm³/mol. The van der Waals surface area contributed by atoms with Gasteiger partial charge >= 0.3 is 6.09 Å². The van der Waals surface area contributed by atoms with Gasteiger partial charge in [0.1, 0.15) is 12.3 Å². The number of alkyl carbamates (subject to hydrolysis) is 1. The number of benzene rings is 1. The summed E-state index contributed by atoms with van der Waals surface area (Å²) < 4.78 is 6.04. The molecule has 5 nitrogen and oxygen atoms in total. The van der Waals surface area contributed by atoms with Gasteiger partial charge in [0.05, 0.1) is 5.56 Å². The molecule has 0 aliphatic rings. The number of hydrogen-bond donors (Lipinski definition) is 2. The molecule has 126 valence electrons. The van der Waals surface area contributed by atoms with Crippen LogP contribution in [0.25, 0.3) is 11.0 Å². The van der Waals surface area contributed by atoms with Gasteiger partial charge in [-0.05, 0) is 27.6 Å². The van der Waals surface area contributed by atoms with Gasteiger partial charge in [0, 0.05) is 35.2 Å². The molecule has 0 radical (unpaired) electrons. The van der Waals surface area contributed by atoms with Crippen molar-refractivity contribution in [2.75, 3.05) is 6.54 Å². The average molecular weight is 398 g/mol. The maximum absolute atomic E-state index is 11.6. The molecule has 2 N–H and O–H groups in total. The van der Waals surface area contributed by atoms with Crippen LogP contribution in [0.1, 0.15) is 17.5 Å². The van der Waals surface area contributed by atoms with E-state index in [1.807, 2.05) is 42.6 Å². The van der Waals surface area contributed by atoms with E-state index in [9.17, 15) is 4.79 Å². The summed E-state index contributed by atoms with van der Waals surface area (Å²) in [5, 5.41) is 3.66. The van der Waals surface area contributed by atoms with Gasteiger partial charge in [-0.15, -0.1) is 0 Å². The molecule has 0 aliphatic carbocycles. The fourth-order valence-electron chi connectivity index (χ4n) is 2.24. The summed E-state index contributed by atoms with van der Waals surface area (Å²) in [7, 11) is 0. The summed E-state index contributed by atoms with van der Waals surface area (Å²) in [5.41, 5.74) is 2.64. The summed E-state index contributed by atoms with van der Waals surface area (Å²) in [5.74, 6) is 6.14. The van der Waals surface area contributed by atoms with E-state index in [1.165, 1.54) is 0 Å². The Bertz CT molecular complexity index is 926. The minimum absolute atomic E-state index is 0.259. The Balaban J connectivity index is 1.44. The topological polar surface area (TPSA) is 67.0 Å². The molecule has 0 aliphatic heterocycles. The lowest BCUT2D eigenvalue weighted by atomic mass is 10.2. The lowest BCUT2D eigenvalue weighted by Crippen LogP contribution is -2.24. The molecule has 1 aromatic carbocycles. The van der Waals surface area contributed by atoms with E-state index >= 15 is 0 Å². The van der Waals surface area contributed by atoms with E-state index in [4.69, 9.17) is 4.74 Å². The van der Waals surface area contributed by atoms with Gasteiger partial charge < -0.3 is 15.0 Å². The molecule has 1 amide bonds. The van der Waals surface area contributed by atoms with Gasteiger partial charge in [-0.2, -0.15) is 0 Å². The number of carbonyl (C=O) groups excluding carboxylic acids is 1. The second kappa shape index (κ2) is 8.36. The van der Waals surface area contributed by atoms with Gasteiger partial charge in [-0.25, -0.2) is 9.78 Å². The molecule has 0 fully saturated rings. The molecular weight excluding hydrogens is 382 g/mol. The van der Waals surface area contributed by atoms with Crippen molar-refractivity contribution in [3.63, 3.8) is 0 Å². The molecule has 0 bridgehead atoms. The zero-order chi connectivity index (χ0) is 17.5. The standard InChI is InChI=1S/C19H16BrN3O2/c20-16-10-17-15(11-22-18(17)23-12-16)8-4-5-9-21-19(24)25-13-14-6-2-1-3-7-14/h1-3,6-7,10-12H,5,9,13H2,(H,21,24)(H,22,23). The lowest BCUT2D eigenvalue weighted by molar-refractivity contribution is 0.140. The first-order chi connectivity index (χ1) is 12.2. The number of aromatic nitrogens is 2. The van der Waals surface area contributed by atoms with Gasteiger partial charge in [0.25, 0.3) is 0 Å². The van der Waals surface area contributed by atoms with Crippen molar-refractivity contribution >= 4 is 33.1 Å². The maximum Gasteiger partial charge on any atom is 0.407 e. The first-order valence-corrected chi connectivity index (χ1v) is 8.58. The molecule has 0 atom stereocenters. The van der Waals surface area contributed by atoms with Crippen LogP contribution in [0.5, 0.6) is 0 Å². The van der Waals surface area contributed by atoms with Crippen molar-refractivity contribution in [2.24, 2.45) is 0 Å². The Morgan fingerprint density at radius 2 is 2.16 bits per heavy atom. The highest BCUT2D eigenvalue weighted by Gasteiger charge is 2.03. The summed E-state index contributed by atoms with van der Waals surface area (Å²) in [6, 6.07) is 11.5. The van der Waals surface area contributed by atoms with Crippen molar-refractivity contribution in [3.05, 3.63) is 64.4 Å². The summed E-state index contributed by atoms with van der Waals surface area (Å²) in [4.78, 5) is 19.0. The zero-order valence-corrected chi connectivity index (χ0v) is 15.0. The fraction of sp³-hybridized carbons (Fsp3) is 0.158. The number of hydrogen-bond acceptors (Lipinski definition) is 3. The number of H-pyrrole nitrogens is 1. The number of ether oxygens (including phenoxy) is 1. The van der Waals surface area contributed by atoms with E-state index in [1.54, 1.807) is 6.20 Å². The van der Waals surface area contributed by atoms with Crippen LogP contribution < -0.4 is 5.32 Å². The molecular formula is C19H16BrN3O2. The van der Waals surface area contributed by atoms with E-state index < -0.39 is 6.09 Å². The Hall–Kier alpha value is -2.78. The number of nitrogens with one attached hydrogen (secondary N) is 2. The van der Waals surface area contributed by atoms with E-state index in [0.29, 0.717) is 13.0 Å². The van der Waals surface area contributed by atoms with Gasteiger partial charge in [0.15, 0.2) is 0 Å². The molecule has 0 unspecified atom stereocenters. The second-order valence-electron chi connectivity index (χ2n) is 5.29. The first kappa shape index (κ1) is 17.1. The van der Waals surface area contributed by atoms with Crippen LogP contribution in [0.3, 0.4) is 0 Å². The van der Waals surface area contributed by atoms with Crippen molar-refractivity contribution in [1.82, 2.24) is 15.3 Å². The molecule has 2 heterocycles. The SMILES string of the molecule is O=C(NCCC#Cc1c[nH]c2ncc(Br)cc12)OCc1ccccc1. The Kier molecular flexibility index (Phi) is 5.70. The monoisotopic (exact) mass is 397 g/mol. The zero-order valence-electron chi connectivity index (χ0n) is 13.4. The van der Waals surface area contributed by atoms with Gasteiger partial charge in [-0.3, -0.25) is 0 Å². The number of pyridine rings is 1. The predicted octanol–water partition coefficient (Wildman–Crippen LogP) is 3.99. The van der Waals surface area contributed by atoms with Crippen molar-refractivity contribution in [1.29, 1.82) is 0 Å². The normalized spacial score (nSPS) is 10.1. The summed E-state index contributed by atoms with van der Waals surface area (Å²) in [6.07, 6.45) is 3.67. The second-order valence-corrected chi connectivity index (χ2v) is 6.21. The minimum Gasteiger partial charge on any atom is -0.445 e.